The number of aryl methyl sites for hydroxylation is 2. The first-order valence-corrected chi connectivity index (χ1v) is 5.44. The third-order valence-electron chi connectivity index (χ3n) is 3.05. The third kappa shape index (κ3) is 2.32. The molecule has 2 rings (SSSR count). The highest BCUT2D eigenvalue weighted by Gasteiger charge is 2.37. The second-order valence-electron chi connectivity index (χ2n) is 4.37. The minimum absolute atomic E-state index is 0.170. The fourth-order valence-electron chi connectivity index (χ4n) is 1.62. The molecule has 0 aromatic carbocycles. The molecule has 2 nitrogen and oxygen atoms in total. The lowest BCUT2D eigenvalue weighted by atomic mass is 10.1. The van der Waals surface area contributed by atoms with Gasteiger partial charge in [-0.05, 0) is 43.7 Å². The van der Waals surface area contributed by atoms with Crippen LogP contribution in [0.3, 0.4) is 0 Å². The van der Waals surface area contributed by atoms with E-state index in [0.717, 1.165) is 19.3 Å². The molecule has 1 saturated carbocycles. The van der Waals surface area contributed by atoms with E-state index in [1.165, 1.54) is 24.1 Å². The highest BCUT2D eigenvalue weighted by Crippen LogP contribution is 2.36. The number of hydrogen-bond acceptors (Lipinski definition) is 2. The molecule has 0 bridgehead atoms. The summed E-state index contributed by atoms with van der Waals surface area (Å²) in [6.45, 7) is 2.13. The smallest absolute Gasteiger partial charge is 0.0401 e. The van der Waals surface area contributed by atoms with Gasteiger partial charge in [-0.15, -0.1) is 0 Å². The Hall–Kier alpha value is -0.890. The van der Waals surface area contributed by atoms with Crippen molar-refractivity contribution < 1.29 is 0 Å². The summed E-state index contributed by atoms with van der Waals surface area (Å²) in [5.74, 6) is 0. The summed E-state index contributed by atoms with van der Waals surface area (Å²) in [6.07, 6.45) is 7.60. The van der Waals surface area contributed by atoms with Gasteiger partial charge in [0.1, 0.15) is 0 Å². The van der Waals surface area contributed by atoms with E-state index in [1.807, 2.05) is 6.20 Å². The van der Waals surface area contributed by atoms with Crippen molar-refractivity contribution in [1.82, 2.24) is 4.98 Å². The largest absolute Gasteiger partial charge is 0.325 e. The van der Waals surface area contributed by atoms with Gasteiger partial charge >= 0.3 is 0 Å². The van der Waals surface area contributed by atoms with Crippen LogP contribution in [0.25, 0.3) is 0 Å². The average molecular weight is 190 g/mol. The van der Waals surface area contributed by atoms with Crippen molar-refractivity contribution in [1.29, 1.82) is 0 Å². The van der Waals surface area contributed by atoms with Gasteiger partial charge in [-0.1, -0.05) is 13.0 Å². The quantitative estimate of drug-likeness (QED) is 0.789. The van der Waals surface area contributed by atoms with E-state index in [2.05, 4.69) is 24.0 Å². The number of nitrogens with two attached hydrogens (primary N) is 1. The standard InChI is InChI=1S/C12H18N2/c1-2-11-4-3-10(9-14-11)5-6-12(13)7-8-12/h3-4,9H,2,5-8,13H2,1H3. The van der Waals surface area contributed by atoms with Crippen molar-refractivity contribution in [3.8, 4) is 0 Å². The van der Waals surface area contributed by atoms with Crippen molar-refractivity contribution in [2.75, 3.05) is 0 Å². The van der Waals surface area contributed by atoms with Gasteiger partial charge in [-0.3, -0.25) is 4.98 Å². The monoisotopic (exact) mass is 190 g/mol. The van der Waals surface area contributed by atoms with E-state index < -0.39 is 0 Å². The first-order valence-electron chi connectivity index (χ1n) is 5.44. The normalized spacial score (nSPS) is 18.1. The van der Waals surface area contributed by atoms with Crippen LogP contribution in [-0.4, -0.2) is 10.5 Å². The Morgan fingerprint density at radius 1 is 1.43 bits per heavy atom. The molecule has 76 valence electrons. The Balaban J connectivity index is 1.89. The average Bonchev–Trinajstić information content (AvgIpc) is 2.95. The minimum atomic E-state index is 0.170. The molecule has 2 N–H and O–H groups in total. The molecular formula is C12H18N2. The predicted molar refractivity (Wildman–Crippen MR) is 58.1 cm³/mol. The van der Waals surface area contributed by atoms with E-state index in [4.69, 9.17) is 5.73 Å². The van der Waals surface area contributed by atoms with Crippen LogP contribution < -0.4 is 5.73 Å². The molecule has 0 atom stereocenters. The summed E-state index contributed by atoms with van der Waals surface area (Å²) in [4.78, 5) is 4.38. The predicted octanol–water partition coefficient (Wildman–Crippen LogP) is 2.07. The number of nitrogens with zero attached hydrogens (tertiary/aromatic N) is 1. The van der Waals surface area contributed by atoms with Crippen molar-refractivity contribution in [3.63, 3.8) is 0 Å². The Labute approximate surface area is 85.5 Å². The van der Waals surface area contributed by atoms with Gasteiger partial charge in [0.05, 0.1) is 0 Å². The molecule has 0 saturated heterocycles. The maximum absolute atomic E-state index is 6.03. The van der Waals surface area contributed by atoms with Crippen LogP contribution in [0, 0.1) is 0 Å². The van der Waals surface area contributed by atoms with Crippen LogP contribution in [-0.2, 0) is 12.8 Å². The topological polar surface area (TPSA) is 38.9 Å². The van der Waals surface area contributed by atoms with Crippen molar-refractivity contribution >= 4 is 0 Å². The van der Waals surface area contributed by atoms with Gasteiger partial charge in [0.2, 0.25) is 0 Å². The Bertz CT molecular complexity index is 299. The molecule has 0 spiro atoms. The van der Waals surface area contributed by atoms with Gasteiger partial charge in [0.25, 0.3) is 0 Å². The van der Waals surface area contributed by atoms with Crippen molar-refractivity contribution in [3.05, 3.63) is 29.6 Å². The first kappa shape index (κ1) is 9.66. The lowest BCUT2D eigenvalue weighted by Gasteiger charge is -2.07. The van der Waals surface area contributed by atoms with E-state index in [-0.39, 0.29) is 5.54 Å². The van der Waals surface area contributed by atoms with Crippen molar-refractivity contribution in [2.45, 2.75) is 44.6 Å². The Kier molecular flexibility index (Phi) is 2.55. The third-order valence-corrected chi connectivity index (χ3v) is 3.05. The van der Waals surface area contributed by atoms with E-state index in [9.17, 15) is 0 Å². The number of rotatable bonds is 4. The van der Waals surface area contributed by atoms with Crippen LogP contribution in [0.15, 0.2) is 18.3 Å². The molecule has 0 amide bonds. The van der Waals surface area contributed by atoms with Crippen molar-refractivity contribution in [2.24, 2.45) is 5.73 Å². The summed E-state index contributed by atoms with van der Waals surface area (Å²) >= 11 is 0. The van der Waals surface area contributed by atoms with Gasteiger partial charge in [-0.25, -0.2) is 0 Å². The van der Waals surface area contributed by atoms with Crippen LogP contribution in [0.1, 0.15) is 37.4 Å². The van der Waals surface area contributed by atoms with Crippen LogP contribution in [0.2, 0.25) is 0 Å². The van der Waals surface area contributed by atoms with E-state index in [1.54, 1.807) is 0 Å². The molecule has 2 heteroatoms. The summed E-state index contributed by atoms with van der Waals surface area (Å²) < 4.78 is 0. The zero-order valence-corrected chi connectivity index (χ0v) is 8.79. The molecule has 1 fully saturated rings. The van der Waals surface area contributed by atoms with E-state index in [0.29, 0.717) is 0 Å². The van der Waals surface area contributed by atoms with Crippen LogP contribution >= 0.6 is 0 Å². The van der Waals surface area contributed by atoms with E-state index >= 15 is 0 Å². The molecular weight excluding hydrogens is 172 g/mol. The molecule has 1 aliphatic carbocycles. The highest BCUT2D eigenvalue weighted by atomic mass is 14.8. The van der Waals surface area contributed by atoms with Gasteiger partial charge in [0.15, 0.2) is 0 Å². The molecule has 1 aromatic rings. The fourth-order valence-corrected chi connectivity index (χ4v) is 1.62. The summed E-state index contributed by atoms with van der Waals surface area (Å²) in [5, 5.41) is 0. The Morgan fingerprint density at radius 3 is 2.71 bits per heavy atom. The maximum Gasteiger partial charge on any atom is 0.0401 e. The molecule has 0 unspecified atom stereocenters. The van der Waals surface area contributed by atoms with Gasteiger partial charge < -0.3 is 5.73 Å². The first-order chi connectivity index (χ1) is 6.72. The SMILES string of the molecule is CCc1ccc(CCC2(N)CC2)cn1. The number of pyridine rings is 1. The Morgan fingerprint density at radius 2 is 2.21 bits per heavy atom. The molecule has 0 radical (unpaired) electrons. The second kappa shape index (κ2) is 3.70. The van der Waals surface area contributed by atoms with Gasteiger partial charge in [-0.2, -0.15) is 0 Å². The number of aromatic nitrogens is 1. The highest BCUT2D eigenvalue weighted by molar-refractivity contribution is 5.15. The molecule has 14 heavy (non-hydrogen) atoms. The lowest BCUT2D eigenvalue weighted by Crippen LogP contribution is -2.22. The molecule has 1 aliphatic rings. The zero-order valence-electron chi connectivity index (χ0n) is 8.79. The summed E-state index contributed by atoms with van der Waals surface area (Å²) in [7, 11) is 0. The zero-order chi connectivity index (χ0) is 10.0. The molecule has 1 heterocycles. The summed E-state index contributed by atoms with van der Waals surface area (Å²) in [6, 6.07) is 4.29. The van der Waals surface area contributed by atoms with Crippen LogP contribution in [0.5, 0.6) is 0 Å². The molecule has 0 aliphatic heterocycles. The maximum atomic E-state index is 6.03. The second-order valence-corrected chi connectivity index (χ2v) is 4.37. The minimum Gasteiger partial charge on any atom is -0.325 e. The summed E-state index contributed by atoms with van der Waals surface area (Å²) in [5.41, 5.74) is 8.69. The number of hydrogen-bond donors (Lipinski definition) is 1. The fraction of sp³-hybridized carbons (Fsp3) is 0.583. The van der Waals surface area contributed by atoms with Crippen LogP contribution in [0.4, 0.5) is 0 Å². The lowest BCUT2D eigenvalue weighted by molar-refractivity contribution is 0.608. The molecule has 1 aromatic heterocycles. The van der Waals surface area contributed by atoms with Gasteiger partial charge in [0, 0.05) is 17.4 Å².